The molecule has 0 fully saturated rings. The first-order chi connectivity index (χ1) is 12.1. The molecule has 1 aromatic heterocycles. The van der Waals surface area contributed by atoms with E-state index in [2.05, 4.69) is 20.8 Å². The lowest BCUT2D eigenvalue weighted by molar-refractivity contribution is 0.262. The Morgan fingerprint density at radius 2 is 1.84 bits per heavy atom. The maximum atomic E-state index is 12.0. The number of hydrogen-bond acceptors (Lipinski definition) is 4. The van der Waals surface area contributed by atoms with Gasteiger partial charge in [0.15, 0.2) is 0 Å². The molecule has 2 amide bonds. The summed E-state index contributed by atoms with van der Waals surface area (Å²) < 4.78 is 0. The van der Waals surface area contributed by atoms with E-state index in [-0.39, 0.29) is 0 Å². The van der Waals surface area contributed by atoms with Crippen LogP contribution in [0.3, 0.4) is 0 Å². The van der Waals surface area contributed by atoms with Gasteiger partial charge in [-0.05, 0) is 35.9 Å². The van der Waals surface area contributed by atoms with Crippen LogP contribution in [-0.2, 0) is 0 Å². The van der Waals surface area contributed by atoms with E-state index >= 15 is 0 Å². The maximum absolute atomic E-state index is 12.0. The Hall–Kier alpha value is -2.41. The molecular weight excluding hydrogens is 379 g/mol. The zero-order valence-electron chi connectivity index (χ0n) is 12.7. The van der Waals surface area contributed by atoms with Gasteiger partial charge in [0.25, 0.3) is 0 Å². The van der Waals surface area contributed by atoms with Crippen LogP contribution in [0.15, 0.2) is 48.5 Å². The van der Waals surface area contributed by atoms with E-state index in [9.17, 15) is 4.79 Å². The van der Waals surface area contributed by atoms with Crippen LogP contribution in [0, 0.1) is 0 Å². The highest BCUT2D eigenvalue weighted by atomic mass is 35.5. The fourth-order valence-corrected chi connectivity index (χ4v) is 2.98. The highest BCUT2D eigenvalue weighted by molar-refractivity contribution is 7.16. The van der Waals surface area contributed by atoms with Crippen molar-refractivity contribution in [3.63, 3.8) is 0 Å². The summed E-state index contributed by atoms with van der Waals surface area (Å²) in [5.74, 6) is 0. The number of nitrogens with zero attached hydrogens (tertiary/aromatic N) is 2. The Morgan fingerprint density at radius 3 is 2.64 bits per heavy atom. The van der Waals surface area contributed by atoms with Gasteiger partial charge in [0, 0.05) is 15.7 Å². The molecule has 0 saturated heterocycles. The molecule has 0 aliphatic heterocycles. The summed E-state index contributed by atoms with van der Waals surface area (Å²) in [5.41, 5.74) is 1.47. The van der Waals surface area contributed by atoms with Crippen molar-refractivity contribution < 1.29 is 4.79 Å². The van der Waals surface area contributed by atoms with Gasteiger partial charge in [-0.3, -0.25) is 5.32 Å². The van der Waals surface area contributed by atoms with Gasteiger partial charge in [0.1, 0.15) is 5.01 Å². The molecule has 0 aliphatic carbocycles. The lowest BCUT2D eigenvalue weighted by Crippen LogP contribution is -2.19. The lowest BCUT2D eigenvalue weighted by atomic mass is 10.2. The molecule has 126 valence electrons. The average molecular weight is 391 g/mol. The molecular formula is C17H12Cl2N4OS. The van der Waals surface area contributed by atoms with Gasteiger partial charge in [0.05, 0.1) is 0 Å². The molecule has 2 N–H and O–H groups in total. The van der Waals surface area contributed by atoms with E-state index in [4.69, 9.17) is 23.2 Å². The number of benzene rings is 2. The van der Waals surface area contributed by atoms with Gasteiger partial charge < -0.3 is 5.32 Å². The van der Waals surface area contributed by atoms with Crippen LogP contribution >= 0.6 is 34.5 Å². The van der Waals surface area contributed by atoms with Crippen molar-refractivity contribution in [2.75, 3.05) is 10.6 Å². The Balaban J connectivity index is 1.61. The molecule has 0 atom stereocenters. The number of anilines is 2. The topological polar surface area (TPSA) is 66.9 Å². The molecule has 0 aliphatic rings. The fraction of sp³-hybridized carbons (Fsp3) is 0. The summed E-state index contributed by atoms with van der Waals surface area (Å²) in [5, 5.41) is 15.5. The Kier molecular flexibility index (Phi) is 5.65. The molecule has 0 bridgehead atoms. The molecule has 0 radical (unpaired) electrons. The van der Waals surface area contributed by atoms with Crippen molar-refractivity contribution in [3.05, 3.63) is 69.1 Å². The van der Waals surface area contributed by atoms with E-state index in [1.54, 1.807) is 30.3 Å². The van der Waals surface area contributed by atoms with Crippen molar-refractivity contribution >= 4 is 63.5 Å². The number of carbonyl (C=O) groups excluding carboxylic acids is 1. The number of rotatable bonds is 4. The van der Waals surface area contributed by atoms with Gasteiger partial charge in [0.2, 0.25) is 5.13 Å². The summed E-state index contributed by atoms with van der Waals surface area (Å²) in [6.07, 6.45) is 3.64. The second kappa shape index (κ2) is 8.11. The van der Waals surface area contributed by atoms with E-state index in [0.717, 1.165) is 5.56 Å². The van der Waals surface area contributed by atoms with E-state index in [1.165, 1.54) is 11.3 Å². The standard InChI is InChI=1S/C17H12Cl2N4OS/c18-12-5-3-6-13(10-12)20-16(24)21-17-23-22-15(25-17)9-8-11-4-1-2-7-14(11)19/h1-10H,(H2,20,21,23,24). The predicted molar refractivity (Wildman–Crippen MR) is 104 cm³/mol. The molecule has 3 rings (SSSR count). The van der Waals surface area contributed by atoms with E-state index in [1.807, 2.05) is 30.3 Å². The minimum atomic E-state index is -0.417. The zero-order valence-corrected chi connectivity index (χ0v) is 15.1. The number of halogens is 2. The number of aromatic nitrogens is 2. The summed E-state index contributed by atoms with van der Waals surface area (Å²) in [6.45, 7) is 0. The van der Waals surface area contributed by atoms with Crippen molar-refractivity contribution in [1.82, 2.24) is 10.2 Å². The Bertz CT molecular complexity index is 926. The molecule has 25 heavy (non-hydrogen) atoms. The molecule has 8 heteroatoms. The molecule has 0 spiro atoms. The Morgan fingerprint density at radius 1 is 1.00 bits per heavy atom. The average Bonchev–Trinajstić information content (AvgIpc) is 3.01. The normalized spacial score (nSPS) is 10.8. The molecule has 0 saturated carbocycles. The first-order valence-electron chi connectivity index (χ1n) is 7.20. The second-order valence-electron chi connectivity index (χ2n) is 4.89. The van der Waals surface area contributed by atoms with Gasteiger partial charge in [-0.2, -0.15) is 0 Å². The largest absolute Gasteiger partial charge is 0.325 e. The first-order valence-corrected chi connectivity index (χ1v) is 8.77. The van der Waals surface area contributed by atoms with Crippen molar-refractivity contribution in [2.45, 2.75) is 0 Å². The number of nitrogens with one attached hydrogen (secondary N) is 2. The van der Waals surface area contributed by atoms with Crippen LogP contribution in [-0.4, -0.2) is 16.2 Å². The SMILES string of the molecule is O=C(Nc1cccc(Cl)c1)Nc1nnc(C=Cc2ccccc2Cl)s1. The second-order valence-corrected chi connectivity index (χ2v) is 6.74. The van der Waals surface area contributed by atoms with Crippen molar-refractivity contribution in [1.29, 1.82) is 0 Å². The molecule has 2 aromatic carbocycles. The smallest absolute Gasteiger partial charge is 0.308 e. The molecule has 1 heterocycles. The molecule has 5 nitrogen and oxygen atoms in total. The molecule has 3 aromatic rings. The Labute approximate surface area is 158 Å². The van der Waals surface area contributed by atoms with Gasteiger partial charge in [-0.25, -0.2) is 4.79 Å². The van der Waals surface area contributed by atoms with Crippen LogP contribution < -0.4 is 10.6 Å². The third kappa shape index (κ3) is 5.03. The highest BCUT2D eigenvalue weighted by Gasteiger charge is 2.07. The zero-order chi connectivity index (χ0) is 17.6. The van der Waals surface area contributed by atoms with Crippen LogP contribution in [0.5, 0.6) is 0 Å². The number of amides is 2. The quantitative estimate of drug-likeness (QED) is 0.603. The fourth-order valence-electron chi connectivity index (χ4n) is 1.95. The van der Waals surface area contributed by atoms with Crippen LogP contribution in [0.1, 0.15) is 10.6 Å². The number of urea groups is 1. The van der Waals surface area contributed by atoms with Crippen molar-refractivity contribution in [2.24, 2.45) is 0 Å². The predicted octanol–water partition coefficient (Wildman–Crippen LogP) is 5.66. The summed E-state index contributed by atoms with van der Waals surface area (Å²) in [6, 6.07) is 13.9. The maximum Gasteiger partial charge on any atom is 0.325 e. The molecule has 0 unspecified atom stereocenters. The third-order valence-corrected chi connectivity index (χ3v) is 4.44. The summed E-state index contributed by atoms with van der Waals surface area (Å²) >= 11 is 13.2. The lowest BCUT2D eigenvalue weighted by Gasteiger charge is -2.04. The van der Waals surface area contributed by atoms with Crippen LogP contribution in [0.25, 0.3) is 12.2 Å². The van der Waals surface area contributed by atoms with Gasteiger partial charge >= 0.3 is 6.03 Å². The van der Waals surface area contributed by atoms with Crippen molar-refractivity contribution in [3.8, 4) is 0 Å². The van der Waals surface area contributed by atoms with Gasteiger partial charge in [-0.1, -0.05) is 64.9 Å². The first kappa shape index (κ1) is 17.4. The third-order valence-electron chi connectivity index (χ3n) is 3.05. The van der Waals surface area contributed by atoms with E-state index < -0.39 is 6.03 Å². The number of carbonyl (C=O) groups is 1. The van der Waals surface area contributed by atoms with Crippen LogP contribution in [0.2, 0.25) is 10.0 Å². The monoisotopic (exact) mass is 390 g/mol. The van der Waals surface area contributed by atoms with Crippen LogP contribution in [0.4, 0.5) is 15.6 Å². The highest BCUT2D eigenvalue weighted by Crippen LogP contribution is 2.21. The summed E-state index contributed by atoms with van der Waals surface area (Å²) in [7, 11) is 0. The summed E-state index contributed by atoms with van der Waals surface area (Å²) in [4.78, 5) is 12.0. The minimum absolute atomic E-state index is 0.387. The van der Waals surface area contributed by atoms with Gasteiger partial charge in [-0.15, -0.1) is 10.2 Å². The van der Waals surface area contributed by atoms with E-state index in [0.29, 0.717) is 25.9 Å². The number of hydrogen-bond donors (Lipinski definition) is 2. The minimum Gasteiger partial charge on any atom is -0.308 e.